The maximum absolute atomic E-state index is 12.7. The molecule has 27 heavy (non-hydrogen) atoms. The molecule has 0 amide bonds. The number of nitrogens with zero attached hydrogens (tertiary/aromatic N) is 1. The van der Waals surface area contributed by atoms with E-state index in [4.69, 9.17) is 0 Å². The molecule has 2 fully saturated rings. The highest BCUT2D eigenvalue weighted by atomic mass is 31.1. The Balaban J connectivity index is 1.49. The Morgan fingerprint density at radius 3 is 2.07 bits per heavy atom. The Morgan fingerprint density at radius 1 is 1.00 bits per heavy atom. The Bertz CT molecular complexity index is 702. The van der Waals surface area contributed by atoms with Gasteiger partial charge in [0, 0.05) is 12.6 Å². The molecule has 3 heteroatoms. The second kappa shape index (κ2) is 8.67. The van der Waals surface area contributed by atoms with Gasteiger partial charge in [-0.2, -0.15) is 0 Å². The number of hydrogen-bond donors (Lipinski definition) is 0. The number of benzene rings is 2. The van der Waals surface area contributed by atoms with E-state index in [0.717, 1.165) is 25.0 Å². The predicted octanol–water partition coefficient (Wildman–Crippen LogP) is 3.56. The van der Waals surface area contributed by atoms with Gasteiger partial charge >= 0.3 is 0 Å². The molecule has 2 nitrogen and oxygen atoms in total. The monoisotopic (exact) mass is 374 g/mol. The lowest BCUT2D eigenvalue weighted by Gasteiger charge is -2.26. The fraction of sp³-hybridized carbons (Fsp3) is 0.250. The first-order chi connectivity index (χ1) is 13.3. The number of carbonyl (C=O) groups is 1. The maximum atomic E-state index is 12.7. The molecule has 3 atom stereocenters. The zero-order valence-corrected chi connectivity index (χ0v) is 16.6. The van der Waals surface area contributed by atoms with Crippen LogP contribution < -0.4 is 10.6 Å². The Kier molecular flexibility index (Phi) is 6.05. The lowest BCUT2D eigenvalue weighted by Crippen LogP contribution is -2.30. The third-order valence-corrected chi connectivity index (χ3v) is 8.00. The molecule has 137 valence electrons. The summed E-state index contributed by atoms with van der Waals surface area (Å²) >= 11 is 0. The van der Waals surface area contributed by atoms with Crippen molar-refractivity contribution in [2.24, 2.45) is 0 Å². The van der Waals surface area contributed by atoms with Gasteiger partial charge in [-0.1, -0.05) is 67.6 Å². The minimum absolute atomic E-state index is 0.0701. The van der Waals surface area contributed by atoms with Crippen LogP contribution in [0.2, 0.25) is 0 Å². The summed E-state index contributed by atoms with van der Waals surface area (Å²) in [5.41, 5.74) is 0. The Labute approximate surface area is 164 Å². The molecule has 1 heterocycles. The molecule has 1 saturated carbocycles. The van der Waals surface area contributed by atoms with Crippen molar-refractivity contribution in [2.75, 3.05) is 12.7 Å². The van der Waals surface area contributed by atoms with Gasteiger partial charge in [0.1, 0.15) is 0 Å². The summed E-state index contributed by atoms with van der Waals surface area (Å²) in [6, 6.07) is 22.2. The number of hydrogen-bond acceptors (Lipinski definition) is 2. The molecule has 0 spiro atoms. The average Bonchev–Trinajstić information content (AvgIpc) is 3.32. The van der Waals surface area contributed by atoms with E-state index in [0.29, 0.717) is 6.04 Å². The van der Waals surface area contributed by atoms with Crippen molar-refractivity contribution < 1.29 is 4.79 Å². The minimum Gasteiger partial charge on any atom is -0.297 e. The molecule has 0 bridgehead atoms. The maximum Gasteiger partial charge on any atom is 0.159 e. The Hall–Kier alpha value is -1.50. The molecule has 4 rings (SSSR count). The van der Waals surface area contributed by atoms with Gasteiger partial charge in [-0.3, -0.25) is 9.69 Å². The third-order valence-electron chi connectivity index (χ3n) is 5.37. The second-order valence-corrected chi connectivity index (χ2v) is 9.35. The summed E-state index contributed by atoms with van der Waals surface area (Å²) < 4.78 is 0. The van der Waals surface area contributed by atoms with Crippen LogP contribution in [0.25, 0.3) is 0 Å². The largest absolute Gasteiger partial charge is 0.297 e. The smallest absolute Gasteiger partial charge is 0.159 e. The van der Waals surface area contributed by atoms with Crippen molar-refractivity contribution in [3.05, 3.63) is 92.3 Å². The van der Waals surface area contributed by atoms with Crippen molar-refractivity contribution in [1.29, 1.82) is 0 Å². The fourth-order valence-electron chi connectivity index (χ4n) is 3.78. The molecule has 0 N–H and O–H groups in total. The highest BCUT2D eigenvalue weighted by Crippen LogP contribution is 2.40. The van der Waals surface area contributed by atoms with Gasteiger partial charge < -0.3 is 0 Å². The molecule has 5 radical (unpaired) electrons. The molecular weight excluding hydrogens is 349 g/mol. The summed E-state index contributed by atoms with van der Waals surface area (Å²) in [5.74, 6) is 1.13. The molecule has 2 aromatic carbocycles. The molecular formula is C24H25NOP. The molecule has 2 aromatic rings. The summed E-state index contributed by atoms with van der Waals surface area (Å²) in [6.45, 7) is 3.14. The van der Waals surface area contributed by atoms with Gasteiger partial charge in [-0.15, -0.1) is 0 Å². The van der Waals surface area contributed by atoms with Gasteiger partial charge in [0.2, 0.25) is 0 Å². The first-order valence-electron chi connectivity index (χ1n) is 9.67. The van der Waals surface area contributed by atoms with Crippen molar-refractivity contribution >= 4 is 24.3 Å². The fourth-order valence-corrected chi connectivity index (χ4v) is 6.45. The zero-order valence-electron chi connectivity index (χ0n) is 15.7. The van der Waals surface area contributed by atoms with E-state index in [2.05, 4.69) is 72.5 Å². The lowest BCUT2D eigenvalue weighted by molar-refractivity contribution is -0.117. The number of rotatable bonds is 8. The van der Waals surface area contributed by atoms with Crippen LogP contribution in [-0.2, 0) is 4.79 Å². The van der Waals surface area contributed by atoms with Gasteiger partial charge in [-0.25, -0.2) is 0 Å². The number of Topliss-reactive ketones (excluding diaryl/α,β-unsaturated/α-hetero) is 1. The van der Waals surface area contributed by atoms with E-state index in [-0.39, 0.29) is 11.8 Å². The van der Waals surface area contributed by atoms with Crippen LogP contribution in [-0.4, -0.2) is 35.5 Å². The summed E-state index contributed by atoms with van der Waals surface area (Å²) in [5, 5.41) is 2.83. The van der Waals surface area contributed by atoms with E-state index in [1.54, 1.807) is 0 Å². The Morgan fingerprint density at radius 2 is 1.56 bits per heavy atom. The van der Waals surface area contributed by atoms with E-state index < -0.39 is 7.92 Å². The normalized spacial score (nSPS) is 23.5. The molecule has 1 saturated heterocycles. The summed E-state index contributed by atoms with van der Waals surface area (Å²) in [7, 11) is -0.425. The predicted molar refractivity (Wildman–Crippen MR) is 114 cm³/mol. The minimum atomic E-state index is -0.425. The zero-order chi connectivity index (χ0) is 18.6. The van der Waals surface area contributed by atoms with E-state index >= 15 is 0 Å². The average molecular weight is 374 g/mol. The van der Waals surface area contributed by atoms with Crippen LogP contribution in [0.4, 0.5) is 0 Å². The first kappa shape index (κ1) is 18.8. The van der Waals surface area contributed by atoms with Crippen molar-refractivity contribution in [3.63, 3.8) is 0 Å². The van der Waals surface area contributed by atoms with Crippen LogP contribution in [0.5, 0.6) is 0 Å². The van der Waals surface area contributed by atoms with Crippen molar-refractivity contribution in [1.82, 2.24) is 4.90 Å². The van der Waals surface area contributed by atoms with Crippen LogP contribution in [0.1, 0.15) is 13.3 Å². The van der Waals surface area contributed by atoms with Gasteiger partial charge in [0.25, 0.3) is 0 Å². The highest BCUT2D eigenvalue weighted by Gasteiger charge is 2.47. The van der Waals surface area contributed by atoms with E-state index in [1.807, 2.05) is 25.7 Å². The molecule has 1 aliphatic carbocycles. The SMILES string of the molecule is CC[C@H](CP(c1ccccc1)c1ccccc1)N1C[C@H]1C(=O)[C]1[CH][CH][CH][CH]1. The highest BCUT2D eigenvalue weighted by molar-refractivity contribution is 7.73. The van der Waals surface area contributed by atoms with E-state index in [1.165, 1.54) is 10.6 Å². The topological polar surface area (TPSA) is 20.1 Å². The lowest BCUT2D eigenvalue weighted by atomic mass is 10.0. The molecule has 1 aliphatic heterocycles. The summed E-state index contributed by atoms with van der Waals surface area (Å²) in [4.78, 5) is 15.1. The van der Waals surface area contributed by atoms with Crippen LogP contribution in [0.15, 0.2) is 60.7 Å². The van der Waals surface area contributed by atoms with Gasteiger partial charge in [0.05, 0.1) is 12.0 Å². The van der Waals surface area contributed by atoms with Crippen LogP contribution in [0.3, 0.4) is 0 Å². The third kappa shape index (κ3) is 4.33. The summed E-state index contributed by atoms with van der Waals surface area (Å²) in [6.07, 6.45) is 9.93. The number of carbonyl (C=O) groups excluding carboxylic acids is 1. The molecule has 2 aliphatic rings. The van der Waals surface area contributed by atoms with E-state index in [9.17, 15) is 4.79 Å². The standard InChI is InChI=1S/C24H25NOP/c1-2-20(25-17-23(25)24(26)19-11-9-10-12-19)18-27(21-13-5-3-6-14-21)22-15-7-4-8-16-22/h3-16,20,23H,2,17-18H2,1H3/t20-,23+,25?/m1/s1. The van der Waals surface area contributed by atoms with Crippen LogP contribution >= 0.6 is 7.92 Å². The second-order valence-electron chi connectivity index (χ2n) is 7.09. The van der Waals surface area contributed by atoms with Gasteiger partial charge in [-0.05, 0) is 56.8 Å². The first-order valence-corrected chi connectivity index (χ1v) is 11.2. The quantitative estimate of drug-likeness (QED) is 0.520. The van der Waals surface area contributed by atoms with Crippen molar-refractivity contribution in [2.45, 2.75) is 25.4 Å². The van der Waals surface area contributed by atoms with Crippen molar-refractivity contribution in [3.8, 4) is 0 Å². The molecule has 1 unspecified atom stereocenters. The van der Waals surface area contributed by atoms with Gasteiger partial charge in [0.15, 0.2) is 5.78 Å². The number of ketones is 1. The molecule has 0 aromatic heterocycles. The van der Waals surface area contributed by atoms with Crippen LogP contribution in [0, 0.1) is 31.6 Å².